The van der Waals surface area contributed by atoms with Crippen molar-refractivity contribution in [3.8, 4) is 11.5 Å². The lowest BCUT2D eigenvalue weighted by Crippen LogP contribution is -2.19. The predicted molar refractivity (Wildman–Crippen MR) is 78.0 cm³/mol. The summed E-state index contributed by atoms with van der Waals surface area (Å²) in [6.45, 7) is 7.04. The predicted octanol–water partition coefficient (Wildman–Crippen LogP) is 2.60. The van der Waals surface area contributed by atoms with Crippen molar-refractivity contribution in [2.24, 2.45) is 17.6 Å². The van der Waals surface area contributed by atoms with Crippen molar-refractivity contribution >= 4 is 0 Å². The minimum atomic E-state index is 0.383. The van der Waals surface area contributed by atoms with E-state index >= 15 is 0 Å². The van der Waals surface area contributed by atoms with E-state index in [1.54, 1.807) is 6.20 Å². The highest BCUT2D eigenvalue weighted by Crippen LogP contribution is 2.18. The number of pyridine rings is 1. The van der Waals surface area contributed by atoms with Crippen molar-refractivity contribution in [1.82, 2.24) is 15.1 Å². The van der Waals surface area contributed by atoms with Gasteiger partial charge in [0.05, 0.1) is 0 Å². The van der Waals surface area contributed by atoms with Crippen LogP contribution in [0.5, 0.6) is 0 Å². The minimum Gasteiger partial charge on any atom is -0.339 e. The van der Waals surface area contributed by atoms with E-state index in [4.69, 9.17) is 10.3 Å². The summed E-state index contributed by atoms with van der Waals surface area (Å²) >= 11 is 0. The molecule has 0 saturated heterocycles. The van der Waals surface area contributed by atoms with Gasteiger partial charge in [-0.05, 0) is 49.4 Å². The van der Waals surface area contributed by atoms with Crippen molar-refractivity contribution in [1.29, 1.82) is 0 Å². The molecule has 2 aromatic heterocycles. The second-order valence-electron chi connectivity index (χ2n) is 5.67. The first-order chi connectivity index (χ1) is 9.58. The molecule has 1 atom stereocenters. The third-order valence-electron chi connectivity index (χ3n) is 3.21. The Balaban J connectivity index is 2.09. The zero-order chi connectivity index (χ0) is 14.5. The summed E-state index contributed by atoms with van der Waals surface area (Å²) < 4.78 is 5.32. The highest BCUT2D eigenvalue weighted by Gasteiger charge is 2.16. The topological polar surface area (TPSA) is 77.8 Å². The number of rotatable bonds is 6. The molecule has 0 aliphatic carbocycles. The Bertz CT molecular complexity index is 550. The first-order valence-corrected chi connectivity index (χ1v) is 7.04. The van der Waals surface area contributed by atoms with Gasteiger partial charge in [0.1, 0.15) is 5.69 Å². The molecule has 20 heavy (non-hydrogen) atoms. The fourth-order valence-corrected chi connectivity index (χ4v) is 2.28. The van der Waals surface area contributed by atoms with Gasteiger partial charge >= 0.3 is 0 Å². The van der Waals surface area contributed by atoms with Gasteiger partial charge in [-0.2, -0.15) is 4.98 Å². The van der Waals surface area contributed by atoms with Crippen molar-refractivity contribution in [2.75, 3.05) is 6.54 Å². The Kier molecular flexibility index (Phi) is 4.84. The van der Waals surface area contributed by atoms with Gasteiger partial charge in [0.15, 0.2) is 0 Å². The maximum Gasteiger partial charge on any atom is 0.227 e. The number of aromatic nitrogens is 3. The second kappa shape index (κ2) is 6.61. The monoisotopic (exact) mass is 274 g/mol. The van der Waals surface area contributed by atoms with Crippen LogP contribution in [-0.2, 0) is 6.42 Å². The highest BCUT2D eigenvalue weighted by molar-refractivity contribution is 5.48. The molecular weight excluding hydrogens is 252 g/mol. The molecule has 5 heteroatoms. The average molecular weight is 274 g/mol. The zero-order valence-corrected chi connectivity index (χ0v) is 12.3. The molecule has 0 bridgehead atoms. The van der Waals surface area contributed by atoms with Gasteiger partial charge in [-0.25, -0.2) is 0 Å². The number of hydrogen-bond acceptors (Lipinski definition) is 5. The highest BCUT2D eigenvalue weighted by atomic mass is 16.5. The van der Waals surface area contributed by atoms with E-state index in [9.17, 15) is 0 Å². The number of aryl methyl sites for hydroxylation is 1. The molecule has 0 aliphatic heterocycles. The lowest BCUT2D eigenvalue weighted by Gasteiger charge is -2.14. The van der Waals surface area contributed by atoms with Gasteiger partial charge < -0.3 is 10.3 Å². The molecule has 108 valence electrons. The Labute approximate surface area is 119 Å². The molecule has 2 aromatic rings. The van der Waals surface area contributed by atoms with Crippen LogP contribution in [0.4, 0.5) is 0 Å². The molecule has 0 unspecified atom stereocenters. The third kappa shape index (κ3) is 3.87. The van der Waals surface area contributed by atoms with Crippen LogP contribution in [-0.4, -0.2) is 21.7 Å². The molecule has 0 spiro atoms. The van der Waals surface area contributed by atoms with Gasteiger partial charge in [0.2, 0.25) is 11.7 Å². The maximum absolute atomic E-state index is 5.80. The van der Waals surface area contributed by atoms with Crippen LogP contribution in [0.3, 0.4) is 0 Å². The SMILES string of the molecule is Cc1ccnc(-c2noc(C[C@@H](CN)CC(C)C)n2)c1. The molecule has 2 rings (SSSR count). The minimum absolute atomic E-state index is 0.383. The normalized spacial score (nSPS) is 12.8. The number of hydrogen-bond donors (Lipinski definition) is 1. The van der Waals surface area contributed by atoms with Gasteiger partial charge in [-0.15, -0.1) is 0 Å². The van der Waals surface area contributed by atoms with Crippen LogP contribution in [0.25, 0.3) is 11.5 Å². The van der Waals surface area contributed by atoms with Crippen LogP contribution < -0.4 is 5.73 Å². The molecule has 0 fully saturated rings. The van der Waals surface area contributed by atoms with Gasteiger partial charge in [0, 0.05) is 12.6 Å². The summed E-state index contributed by atoms with van der Waals surface area (Å²) in [4.78, 5) is 8.68. The molecule has 5 nitrogen and oxygen atoms in total. The van der Waals surface area contributed by atoms with Gasteiger partial charge in [0.25, 0.3) is 0 Å². The van der Waals surface area contributed by atoms with E-state index in [1.165, 1.54) is 0 Å². The van der Waals surface area contributed by atoms with Crippen LogP contribution in [0, 0.1) is 18.8 Å². The zero-order valence-electron chi connectivity index (χ0n) is 12.3. The summed E-state index contributed by atoms with van der Waals surface area (Å²) in [5.74, 6) is 2.18. The van der Waals surface area contributed by atoms with Gasteiger partial charge in [-0.3, -0.25) is 4.98 Å². The molecule has 0 aromatic carbocycles. The quantitative estimate of drug-likeness (QED) is 0.876. The fraction of sp³-hybridized carbons (Fsp3) is 0.533. The summed E-state index contributed by atoms with van der Waals surface area (Å²) in [5, 5.41) is 4.00. The smallest absolute Gasteiger partial charge is 0.227 e. The molecular formula is C15H22N4O. The first kappa shape index (κ1) is 14.7. The van der Waals surface area contributed by atoms with E-state index in [2.05, 4.69) is 29.0 Å². The number of nitrogens with zero attached hydrogens (tertiary/aromatic N) is 3. The van der Waals surface area contributed by atoms with E-state index in [-0.39, 0.29) is 0 Å². The van der Waals surface area contributed by atoms with Crippen molar-refractivity contribution in [2.45, 2.75) is 33.6 Å². The number of nitrogens with two attached hydrogens (primary N) is 1. The van der Waals surface area contributed by atoms with Crippen molar-refractivity contribution in [3.05, 3.63) is 29.8 Å². The van der Waals surface area contributed by atoms with Crippen LogP contribution >= 0.6 is 0 Å². The molecule has 0 amide bonds. The van der Waals surface area contributed by atoms with Crippen LogP contribution in [0.1, 0.15) is 31.7 Å². The van der Waals surface area contributed by atoms with E-state index in [1.807, 2.05) is 19.1 Å². The summed E-state index contributed by atoms with van der Waals surface area (Å²) in [7, 11) is 0. The fourth-order valence-electron chi connectivity index (χ4n) is 2.28. The Morgan fingerprint density at radius 1 is 1.35 bits per heavy atom. The standard InChI is InChI=1S/C15H22N4O/c1-10(2)6-12(9-16)8-14-18-15(19-20-14)13-7-11(3)4-5-17-13/h4-5,7,10,12H,6,8-9,16H2,1-3H3/t12-/m0/s1. The Morgan fingerprint density at radius 2 is 2.15 bits per heavy atom. The lowest BCUT2D eigenvalue weighted by molar-refractivity contribution is 0.332. The van der Waals surface area contributed by atoms with E-state index in [0.29, 0.717) is 30.1 Å². The summed E-state index contributed by atoms with van der Waals surface area (Å²) in [6.07, 6.45) is 3.55. The third-order valence-corrected chi connectivity index (χ3v) is 3.21. The van der Waals surface area contributed by atoms with E-state index < -0.39 is 0 Å². The Hall–Kier alpha value is -1.75. The lowest BCUT2D eigenvalue weighted by atomic mass is 9.94. The largest absolute Gasteiger partial charge is 0.339 e. The molecule has 2 heterocycles. The first-order valence-electron chi connectivity index (χ1n) is 7.04. The Morgan fingerprint density at radius 3 is 2.80 bits per heavy atom. The van der Waals surface area contributed by atoms with Crippen molar-refractivity contribution in [3.63, 3.8) is 0 Å². The maximum atomic E-state index is 5.80. The van der Waals surface area contributed by atoms with Crippen molar-refractivity contribution < 1.29 is 4.52 Å². The van der Waals surface area contributed by atoms with E-state index in [0.717, 1.165) is 24.1 Å². The summed E-state index contributed by atoms with van der Waals surface area (Å²) in [5.41, 5.74) is 7.67. The molecule has 2 N–H and O–H groups in total. The second-order valence-corrected chi connectivity index (χ2v) is 5.67. The molecule has 0 radical (unpaired) electrons. The summed E-state index contributed by atoms with van der Waals surface area (Å²) in [6, 6.07) is 3.89. The van der Waals surface area contributed by atoms with Crippen LogP contribution in [0.15, 0.2) is 22.9 Å². The van der Waals surface area contributed by atoms with Gasteiger partial charge in [-0.1, -0.05) is 19.0 Å². The molecule has 0 saturated carbocycles. The van der Waals surface area contributed by atoms with Crippen LogP contribution in [0.2, 0.25) is 0 Å². The molecule has 0 aliphatic rings. The average Bonchev–Trinajstić information content (AvgIpc) is 2.86.